The number of nitrogens with zero attached hydrogens (tertiary/aromatic N) is 2. The van der Waals surface area contributed by atoms with Gasteiger partial charge in [-0.05, 0) is 56.4 Å². The number of sulfonamides is 1. The van der Waals surface area contributed by atoms with E-state index in [0.29, 0.717) is 37.5 Å². The normalized spacial score (nSPS) is 16.5. The van der Waals surface area contributed by atoms with Crippen molar-refractivity contribution in [3.8, 4) is 11.5 Å². The van der Waals surface area contributed by atoms with Gasteiger partial charge in [0.05, 0.1) is 18.0 Å². The van der Waals surface area contributed by atoms with Crippen LogP contribution in [0.5, 0.6) is 11.5 Å². The molecular weight excluding hydrogens is 418 g/mol. The summed E-state index contributed by atoms with van der Waals surface area (Å²) in [6.45, 7) is 4.35. The van der Waals surface area contributed by atoms with Gasteiger partial charge in [0, 0.05) is 31.7 Å². The van der Waals surface area contributed by atoms with Gasteiger partial charge in [-0.3, -0.25) is 4.79 Å². The van der Waals surface area contributed by atoms with Crippen molar-refractivity contribution < 1.29 is 22.7 Å². The van der Waals surface area contributed by atoms with Gasteiger partial charge < -0.3 is 19.7 Å². The molecule has 1 N–H and O–H groups in total. The number of carbonyl (C=O) groups is 1. The highest BCUT2D eigenvalue weighted by atomic mass is 32.2. The van der Waals surface area contributed by atoms with Crippen molar-refractivity contribution in [2.45, 2.75) is 17.9 Å². The van der Waals surface area contributed by atoms with Crippen LogP contribution in [0.3, 0.4) is 0 Å². The molecule has 8 nitrogen and oxygen atoms in total. The quantitative estimate of drug-likeness (QED) is 0.664. The maximum absolute atomic E-state index is 12.9. The molecule has 1 heterocycles. The average molecular weight is 448 g/mol. The minimum atomic E-state index is -3.63. The third kappa shape index (κ3) is 5.96. The zero-order valence-corrected chi connectivity index (χ0v) is 18.9. The Balaban J connectivity index is 1.60. The third-order valence-corrected chi connectivity index (χ3v) is 7.03. The van der Waals surface area contributed by atoms with E-state index in [-0.39, 0.29) is 23.5 Å². The number of nitrogens with one attached hydrogen (secondary N) is 1. The van der Waals surface area contributed by atoms with Gasteiger partial charge in [-0.15, -0.1) is 0 Å². The molecule has 0 saturated carbocycles. The molecule has 2 aromatic rings. The molecule has 1 unspecified atom stereocenters. The molecule has 1 amide bonds. The fourth-order valence-corrected chi connectivity index (χ4v) is 4.69. The van der Waals surface area contributed by atoms with Crippen LogP contribution in [-0.2, 0) is 10.0 Å². The van der Waals surface area contributed by atoms with Gasteiger partial charge in [0.25, 0.3) is 5.91 Å². The van der Waals surface area contributed by atoms with Crippen molar-refractivity contribution in [3.63, 3.8) is 0 Å². The Bertz CT molecular complexity index is 986. The number of benzene rings is 2. The number of carbonyl (C=O) groups excluding carboxylic acids is 1. The first kappa shape index (κ1) is 23.1. The van der Waals surface area contributed by atoms with Crippen molar-refractivity contribution in [3.05, 3.63) is 54.1 Å². The van der Waals surface area contributed by atoms with Gasteiger partial charge in [0.15, 0.2) is 0 Å². The molecule has 1 aliphatic rings. The van der Waals surface area contributed by atoms with Gasteiger partial charge in [-0.25, -0.2) is 8.42 Å². The van der Waals surface area contributed by atoms with E-state index in [4.69, 9.17) is 9.47 Å². The largest absolute Gasteiger partial charge is 0.497 e. The Kier molecular flexibility index (Phi) is 7.53. The van der Waals surface area contributed by atoms with Crippen molar-refractivity contribution >= 4 is 15.9 Å². The van der Waals surface area contributed by atoms with E-state index in [1.807, 2.05) is 14.0 Å². The number of hydrogen-bond acceptors (Lipinski definition) is 6. The lowest BCUT2D eigenvalue weighted by Crippen LogP contribution is -2.47. The molecule has 31 heavy (non-hydrogen) atoms. The number of piperazine rings is 1. The molecule has 1 atom stereocenters. The molecule has 2 aromatic carbocycles. The summed E-state index contributed by atoms with van der Waals surface area (Å²) in [6.07, 6.45) is 0. The summed E-state index contributed by atoms with van der Waals surface area (Å²) in [5.74, 6) is 1.06. The number of ether oxygens (including phenoxy) is 2. The molecule has 3 rings (SSSR count). The second-order valence-electron chi connectivity index (χ2n) is 7.60. The molecule has 1 aliphatic heterocycles. The van der Waals surface area contributed by atoms with E-state index in [2.05, 4.69) is 10.2 Å². The summed E-state index contributed by atoms with van der Waals surface area (Å²) in [4.78, 5) is 14.9. The number of rotatable bonds is 8. The van der Waals surface area contributed by atoms with Crippen molar-refractivity contribution in [1.82, 2.24) is 14.5 Å². The maximum atomic E-state index is 12.9. The predicted octanol–water partition coefficient (Wildman–Crippen LogP) is 1.83. The second-order valence-corrected chi connectivity index (χ2v) is 9.53. The molecule has 0 aromatic heterocycles. The van der Waals surface area contributed by atoms with E-state index < -0.39 is 10.0 Å². The topological polar surface area (TPSA) is 88.2 Å². The Labute approximate surface area is 183 Å². The van der Waals surface area contributed by atoms with Crippen LogP contribution in [0.25, 0.3) is 0 Å². The van der Waals surface area contributed by atoms with Crippen LogP contribution in [0.1, 0.15) is 17.3 Å². The van der Waals surface area contributed by atoms with E-state index in [9.17, 15) is 13.2 Å². The Morgan fingerprint density at radius 1 is 1.06 bits per heavy atom. The van der Waals surface area contributed by atoms with E-state index in [1.165, 1.54) is 16.4 Å². The lowest BCUT2D eigenvalue weighted by Gasteiger charge is -2.31. The van der Waals surface area contributed by atoms with Crippen LogP contribution in [0, 0.1) is 0 Å². The highest BCUT2D eigenvalue weighted by molar-refractivity contribution is 7.89. The monoisotopic (exact) mass is 447 g/mol. The summed E-state index contributed by atoms with van der Waals surface area (Å²) in [6, 6.07) is 13.1. The third-order valence-electron chi connectivity index (χ3n) is 5.13. The molecule has 1 saturated heterocycles. The molecule has 1 fully saturated rings. The summed E-state index contributed by atoms with van der Waals surface area (Å²) in [7, 11) is -0.0675. The minimum Gasteiger partial charge on any atom is -0.497 e. The van der Waals surface area contributed by atoms with Crippen LogP contribution in [0.15, 0.2) is 53.4 Å². The fraction of sp³-hybridized carbons (Fsp3) is 0.409. The zero-order valence-electron chi connectivity index (χ0n) is 18.1. The number of likely N-dealkylation sites (N-methyl/N-ethyl adjacent to an activating group) is 1. The van der Waals surface area contributed by atoms with Gasteiger partial charge in [-0.1, -0.05) is 6.07 Å². The molecule has 168 valence electrons. The van der Waals surface area contributed by atoms with Crippen molar-refractivity contribution in [2.24, 2.45) is 0 Å². The van der Waals surface area contributed by atoms with Crippen LogP contribution in [0.4, 0.5) is 0 Å². The molecule has 0 radical (unpaired) electrons. The van der Waals surface area contributed by atoms with Gasteiger partial charge >= 0.3 is 0 Å². The molecule has 0 spiro atoms. The molecule has 0 bridgehead atoms. The molecular formula is C22H29N3O5S. The first-order valence-electron chi connectivity index (χ1n) is 10.2. The number of amides is 1. The maximum Gasteiger partial charge on any atom is 0.251 e. The number of methoxy groups -OCH3 is 1. The summed E-state index contributed by atoms with van der Waals surface area (Å²) >= 11 is 0. The Morgan fingerprint density at radius 3 is 2.35 bits per heavy atom. The SMILES string of the molecule is COc1ccc(OCC(C)NC(=O)c2cccc(S(=O)(=O)N3CCN(C)CC3)c2)cc1. The smallest absolute Gasteiger partial charge is 0.251 e. The average Bonchev–Trinajstić information content (AvgIpc) is 2.78. The highest BCUT2D eigenvalue weighted by Gasteiger charge is 2.28. The summed E-state index contributed by atoms with van der Waals surface area (Å²) in [5, 5.41) is 2.85. The van der Waals surface area contributed by atoms with E-state index in [1.54, 1.807) is 43.5 Å². The lowest BCUT2D eigenvalue weighted by molar-refractivity contribution is 0.0926. The minimum absolute atomic E-state index is 0.131. The zero-order chi connectivity index (χ0) is 22.4. The summed E-state index contributed by atoms with van der Waals surface area (Å²) in [5.41, 5.74) is 0.298. The first-order chi connectivity index (χ1) is 14.8. The predicted molar refractivity (Wildman–Crippen MR) is 118 cm³/mol. The van der Waals surface area contributed by atoms with Crippen molar-refractivity contribution in [1.29, 1.82) is 0 Å². The van der Waals surface area contributed by atoms with Crippen LogP contribution >= 0.6 is 0 Å². The fourth-order valence-electron chi connectivity index (χ4n) is 3.22. The summed E-state index contributed by atoms with van der Waals surface area (Å²) < 4.78 is 38.2. The standard InChI is InChI=1S/C22H29N3O5S/c1-17(16-30-20-9-7-19(29-3)8-10-20)23-22(26)18-5-4-6-21(15-18)31(27,28)25-13-11-24(2)12-14-25/h4-10,15,17H,11-14,16H2,1-3H3,(H,23,26). The van der Waals surface area contributed by atoms with Crippen LogP contribution in [0.2, 0.25) is 0 Å². The van der Waals surface area contributed by atoms with E-state index in [0.717, 1.165) is 5.75 Å². The Hall–Kier alpha value is -2.62. The van der Waals surface area contributed by atoms with Crippen molar-refractivity contribution in [2.75, 3.05) is 46.9 Å². The lowest BCUT2D eigenvalue weighted by atomic mass is 10.2. The second kappa shape index (κ2) is 10.1. The number of hydrogen-bond donors (Lipinski definition) is 1. The molecule has 0 aliphatic carbocycles. The van der Waals surface area contributed by atoms with Gasteiger partial charge in [-0.2, -0.15) is 4.31 Å². The van der Waals surface area contributed by atoms with E-state index >= 15 is 0 Å². The highest BCUT2D eigenvalue weighted by Crippen LogP contribution is 2.19. The first-order valence-corrected chi connectivity index (χ1v) is 11.6. The van der Waals surface area contributed by atoms with Crippen LogP contribution in [-0.4, -0.2) is 76.5 Å². The van der Waals surface area contributed by atoms with Gasteiger partial charge in [0.2, 0.25) is 10.0 Å². The van der Waals surface area contributed by atoms with Gasteiger partial charge in [0.1, 0.15) is 18.1 Å². The van der Waals surface area contributed by atoms with Crippen LogP contribution < -0.4 is 14.8 Å². The molecule has 9 heteroatoms. The Morgan fingerprint density at radius 2 is 1.71 bits per heavy atom.